The number of rotatable bonds is 6. The summed E-state index contributed by atoms with van der Waals surface area (Å²) in [6.07, 6.45) is 1.44. The molecule has 0 saturated heterocycles. The molecule has 142 valence electrons. The zero-order valence-electron chi connectivity index (χ0n) is 16.2. The van der Waals surface area contributed by atoms with Gasteiger partial charge in [-0.05, 0) is 22.6 Å². The molecule has 2 aromatic rings. The van der Waals surface area contributed by atoms with Crippen LogP contribution in [0.25, 0.3) is 0 Å². The molecule has 6 heteroatoms. The van der Waals surface area contributed by atoms with Crippen LogP contribution in [0.3, 0.4) is 0 Å². The maximum Gasteiger partial charge on any atom is 0.250 e. The van der Waals surface area contributed by atoms with Crippen molar-refractivity contribution in [3.63, 3.8) is 0 Å². The lowest BCUT2D eigenvalue weighted by molar-refractivity contribution is 0.444. The zero-order chi connectivity index (χ0) is 19.5. The molecule has 0 aliphatic carbocycles. The van der Waals surface area contributed by atoms with Gasteiger partial charge in [-0.25, -0.2) is 8.42 Å². The third-order valence-electron chi connectivity index (χ3n) is 4.47. The Morgan fingerprint density at radius 1 is 0.962 bits per heavy atom. The van der Waals surface area contributed by atoms with Crippen molar-refractivity contribution >= 4 is 10.0 Å². The molecule has 0 atom stereocenters. The average molecular weight is 377 g/mol. The fourth-order valence-corrected chi connectivity index (χ4v) is 4.28. The number of hydrogen-bond donors (Lipinski definition) is 0. The van der Waals surface area contributed by atoms with Crippen LogP contribution in [0.15, 0.2) is 52.3 Å². The Kier molecular flexibility index (Phi) is 6.09. The fraction of sp³-hybridized carbons (Fsp3) is 0.450. The summed E-state index contributed by atoms with van der Waals surface area (Å²) in [5.74, 6) is 0. The molecule has 0 radical (unpaired) electrons. The molecule has 5 nitrogen and oxygen atoms in total. The van der Waals surface area contributed by atoms with Crippen molar-refractivity contribution in [1.82, 2.24) is 8.87 Å². The van der Waals surface area contributed by atoms with Gasteiger partial charge in [0.05, 0.1) is 11.4 Å². The Morgan fingerprint density at radius 3 is 2.04 bits per heavy atom. The summed E-state index contributed by atoms with van der Waals surface area (Å²) in [5, 5.41) is 0. The molecular formula is C20H28N2O3S. The van der Waals surface area contributed by atoms with Gasteiger partial charge in [-0.2, -0.15) is 4.31 Å². The molecule has 2 rings (SSSR count). The molecule has 0 amide bonds. The number of aromatic nitrogens is 1. The Balaban J connectivity index is 2.35. The van der Waals surface area contributed by atoms with Crippen LogP contribution in [0, 0.1) is 0 Å². The summed E-state index contributed by atoms with van der Waals surface area (Å²) in [6, 6.07) is 10.8. The molecular weight excluding hydrogens is 348 g/mol. The van der Waals surface area contributed by atoms with E-state index in [4.69, 9.17) is 0 Å². The zero-order valence-corrected chi connectivity index (χ0v) is 17.0. The second-order valence-corrected chi connectivity index (χ2v) is 9.31. The molecule has 0 aliphatic rings. The molecule has 0 fully saturated rings. The second kappa shape index (κ2) is 7.76. The predicted molar refractivity (Wildman–Crippen MR) is 105 cm³/mol. The summed E-state index contributed by atoms with van der Waals surface area (Å²) >= 11 is 0. The quantitative estimate of drug-likeness (QED) is 0.778. The van der Waals surface area contributed by atoms with E-state index in [-0.39, 0.29) is 15.9 Å². The van der Waals surface area contributed by atoms with Crippen molar-refractivity contribution in [1.29, 1.82) is 0 Å². The molecule has 0 N–H and O–H groups in total. The lowest BCUT2D eigenvalue weighted by Gasteiger charge is -2.20. The van der Waals surface area contributed by atoms with Crippen LogP contribution < -0.4 is 5.56 Å². The standard InChI is InChI=1S/C20H28N2O3S/c1-6-22(7-2)26(24,25)18-12-13-19(23)21(15-18)14-16-8-10-17(11-9-16)20(3,4)5/h8-13,15H,6-7,14H2,1-5H3. The van der Waals surface area contributed by atoms with Gasteiger partial charge in [-0.15, -0.1) is 0 Å². The Bertz CT molecular complexity index is 903. The highest BCUT2D eigenvalue weighted by atomic mass is 32.2. The van der Waals surface area contributed by atoms with Gasteiger partial charge in [0, 0.05) is 25.4 Å². The van der Waals surface area contributed by atoms with Gasteiger partial charge in [0.2, 0.25) is 10.0 Å². The van der Waals surface area contributed by atoms with Crippen LogP contribution >= 0.6 is 0 Å². The van der Waals surface area contributed by atoms with Gasteiger partial charge in [-0.1, -0.05) is 58.9 Å². The SMILES string of the molecule is CCN(CC)S(=O)(=O)c1ccc(=O)n(Cc2ccc(C(C)(C)C)cc2)c1. The summed E-state index contributed by atoms with van der Waals surface area (Å²) in [7, 11) is -3.59. The molecule has 0 unspecified atom stereocenters. The number of benzene rings is 1. The molecule has 1 aromatic carbocycles. The molecule has 0 spiro atoms. The van der Waals surface area contributed by atoms with E-state index in [9.17, 15) is 13.2 Å². The van der Waals surface area contributed by atoms with E-state index < -0.39 is 10.0 Å². The number of nitrogens with zero attached hydrogens (tertiary/aromatic N) is 2. The highest BCUT2D eigenvalue weighted by Gasteiger charge is 2.22. The highest BCUT2D eigenvalue weighted by Crippen LogP contribution is 2.22. The minimum Gasteiger partial charge on any atom is -0.310 e. The predicted octanol–water partition coefficient (Wildman–Crippen LogP) is 3.22. The van der Waals surface area contributed by atoms with E-state index in [0.717, 1.165) is 5.56 Å². The van der Waals surface area contributed by atoms with Gasteiger partial charge >= 0.3 is 0 Å². The van der Waals surface area contributed by atoms with Gasteiger partial charge in [0.25, 0.3) is 5.56 Å². The Morgan fingerprint density at radius 2 is 1.54 bits per heavy atom. The maximum absolute atomic E-state index is 12.7. The van der Waals surface area contributed by atoms with E-state index >= 15 is 0 Å². The van der Waals surface area contributed by atoms with E-state index in [0.29, 0.717) is 19.6 Å². The first-order valence-electron chi connectivity index (χ1n) is 8.89. The van der Waals surface area contributed by atoms with E-state index in [2.05, 4.69) is 32.9 Å². The molecule has 1 heterocycles. The van der Waals surface area contributed by atoms with Crippen molar-refractivity contribution < 1.29 is 8.42 Å². The lowest BCUT2D eigenvalue weighted by atomic mass is 9.87. The molecule has 26 heavy (non-hydrogen) atoms. The first-order chi connectivity index (χ1) is 12.1. The van der Waals surface area contributed by atoms with Crippen LogP contribution in [0.1, 0.15) is 45.7 Å². The minimum absolute atomic E-state index is 0.0626. The van der Waals surface area contributed by atoms with Crippen molar-refractivity contribution in [2.75, 3.05) is 13.1 Å². The second-order valence-electron chi connectivity index (χ2n) is 7.37. The van der Waals surface area contributed by atoms with Gasteiger partial charge in [0.1, 0.15) is 0 Å². The van der Waals surface area contributed by atoms with Crippen LogP contribution in [0.4, 0.5) is 0 Å². The smallest absolute Gasteiger partial charge is 0.250 e. The van der Waals surface area contributed by atoms with Gasteiger partial charge < -0.3 is 4.57 Å². The van der Waals surface area contributed by atoms with Crippen LogP contribution in [-0.4, -0.2) is 30.4 Å². The molecule has 1 aromatic heterocycles. The van der Waals surface area contributed by atoms with Crippen LogP contribution in [0.2, 0.25) is 0 Å². The molecule has 0 saturated carbocycles. The minimum atomic E-state index is -3.59. The lowest BCUT2D eigenvalue weighted by Crippen LogP contribution is -2.32. The maximum atomic E-state index is 12.7. The third kappa shape index (κ3) is 4.43. The fourth-order valence-electron chi connectivity index (χ4n) is 2.81. The average Bonchev–Trinajstić information content (AvgIpc) is 2.57. The van der Waals surface area contributed by atoms with Crippen LogP contribution in [0.5, 0.6) is 0 Å². The number of pyridine rings is 1. The van der Waals surface area contributed by atoms with Crippen molar-refractivity contribution in [3.05, 3.63) is 64.1 Å². The van der Waals surface area contributed by atoms with Gasteiger partial charge in [0.15, 0.2) is 0 Å². The van der Waals surface area contributed by atoms with E-state index in [1.807, 2.05) is 12.1 Å². The normalized spacial score (nSPS) is 12.5. The summed E-state index contributed by atoms with van der Waals surface area (Å²) in [5.41, 5.74) is 2.01. The summed E-state index contributed by atoms with van der Waals surface area (Å²) in [6.45, 7) is 11.2. The first-order valence-corrected chi connectivity index (χ1v) is 10.3. The third-order valence-corrected chi connectivity index (χ3v) is 6.51. The van der Waals surface area contributed by atoms with Crippen molar-refractivity contribution in [3.8, 4) is 0 Å². The van der Waals surface area contributed by atoms with E-state index in [1.54, 1.807) is 13.8 Å². The number of hydrogen-bond acceptors (Lipinski definition) is 3. The topological polar surface area (TPSA) is 59.4 Å². The van der Waals surface area contributed by atoms with Gasteiger partial charge in [-0.3, -0.25) is 4.79 Å². The first kappa shape index (κ1) is 20.4. The summed E-state index contributed by atoms with van der Waals surface area (Å²) < 4.78 is 28.2. The highest BCUT2D eigenvalue weighted by molar-refractivity contribution is 7.89. The van der Waals surface area contributed by atoms with Crippen molar-refractivity contribution in [2.45, 2.75) is 51.5 Å². The van der Waals surface area contributed by atoms with Crippen molar-refractivity contribution in [2.24, 2.45) is 0 Å². The monoisotopic (exact) mass is 376 g/mol. The number of sulfonamides is 1. The molecule has 0 bridgehead atoms. The largest absolute Gasteiger partial charge is 0.310 e. The Hall–Kier alpha value is -1.92. The molecule has 0 aliphatic heterocycles. The van der Waals surface area contributed by atoms with E-state index in [1.165, 1.54) is 32.8 Å². The van der Waals surface area contributed by atoms with Crippen LogP contribution in [-0.2, 0) is 22.0 Å². The summed E-state index contributed by atoms with van der Waals surface area (Å²) in [4.78, 5) is 12.3. The Labute approximate surface area is 156 Å².